The second-order valence-corrected chi connectivity index (χ2v) is 11.5. The molecule has 0 aliphatic rings. The fraction of sp³-hybridized carbons (Fsp3) is 0.667. The summed E-state index contributed by atoms with van der Waals surface area (Å²) in [7, 11) is 0. The molecule has 0 fully saturated rings. The van der Waals surface area contributed by atoms with Gasteiger partial charge in [-0.1, -0.05) is 89.6 Å². The third kappa shape index (κ3) is 10.3. The lowest BCUT2D eigenvalue weighted by atomic mass is 9.96. The number of carbonyl (C=O) groups is 2. The minimum atomic E-state index is -0.362. The first-order valence-electron chi connectivity index (χ1n) is 13.2. The van der Waals surface area contributed by atoms with Crippen LogP contribution in [0.2, 0.25) is 0 Å². The molecule has 2 rings (SSSR count). The average molecular weight is 506 g/mol. The van der Waals surface area contributed by atoms with Gasteiger partial charge >= 0.3 is 0 Å². The summed E-state index contributed by atoms with van der Waals surface area (Å²) in [5.41, 5.74) is 0.993. The summed E-state index contributed by atoms with van der Waals surface area (Å²) < 4.78 is 2.13. The van der Waals surface area contributed by atoms with Gasteiger partial charge in [-0.15, -0.1) is 11.3 Å². The first-order chi connectivity index (χ1) is 16.6. The highest BCUT2D eigenvalue weighted by Gasteiger charge is 2.31. The van der Waals surface area contributed by atoms with Crippen LogP contribution in [-0.2, 0) is 9.59 Å². The molecule has 2 amide bonds. The smallest absolute Gasteiger partial charge is 0.224 e. The number of benzene rings is 1. The van der Waals surface area contributed by atoms with Gasteiger partial charge in [-0.25, -0.2) is 4.98 Å². The topological polar surface area (TPSA) is 71.1 Å². The number of hydrogen-bond acceptors (Lipinski definition) is 5. The molecule has 0 aliphatic heterocycles. The molecule has 2 atom stereocenters. The van der Waals surface area contributed by atoms with Crippen molar-refractivity contribution < 1.29 is 9.59 Å². The van der Waals surface area contributed by atoms with Crippen molar-refractivity contribution in [2.24, 2.45) is 5.92 Å². The van der Waals surface area contributed by atoms with Gasteiger partial charge in [0, 0.05) is 24.8 Å². The van der Waals surface area contributed by atoms with E-state index in [-0.39, 0.29) is 29.4 Å². The molecule has 0 saturated heterocycles. The molecule has 2 N–H and O–H groups in total. The number of hydrogen-bond donors (Lipinski definition) is 2. The fourth-order valence-electron chi connectivity index (χ4n) is 4.00. The highest BCUT2D eigenvalue weighted by molar-refractivity contribution is 8.01. The average Bonchev–Trinajstić information content (AvgIpc) is 3.24. The van der Waals surface area contributed by atoms with Crippen molar-refractivity contribution in [2.75, 3.05) is 13.1 Å². The van der Waals surface area contributed by atoms with Gasteiger partial charge in [-0.2, -0.15) is 0 Å². The molecular weight excluding hydrogens is 462 g/mol. The third-order valence-corrected chi connectivity index (χ3v) is 8.50. The van der Waals surface area contributed by atoms with Gasteiger partial charge < -0.3 is 10.6 Å². The molecule has 2 aromatic rings. The Morgan fingerprint density at radius 2 is 1.59 bits per heavy atom. The van der Waals surface area contributed by atoms with Crippen LogP contribution in [0.1, 0.15) is 91.4 Å². The van der Waals surface area contributed by atoms with Crippen LogP contribution in [0.25, 0.3) is 10.2 Å². The normalized spacial score (nSPS) is 13.0. The van der Waals surface area contributed by atoms with Gasteiger partial charge in [0.2, 0.25) is 11.8 Å². The summed E-state index contributed by atoms with van der Waals surface area (Å²) in [5.74, 6) is -0.378. The number of rotatable bonds is 18. The minimum Gasteiger partial charge on any atom is -0.356 e. The highest BCUT2D eigenvalue weighted by atomic mass is 32.2. The molecular formula is C27H43N3O2S2. The Labute approximate surface area is 214 Å². The fourth-order valence-corrected chi connectivity index (χ4v) is 6.67. The number of nitrogens with zero attached hydrogens (tertiary/aromatic N) is 1. The van der Waals surface area contributed by atoms with E-state index in [4.69, 9.17) is 4.98 Å². The number of amides is 2. The number of aromatic nitrogens is 1. The van der Waals surface area contributed by atoms with E-state index in [0.29, 0.717) is 13.1 Å². The van der Waals surface area contributed by atoms with Crippen molar-refractivity contribution >= 4 is 45.1 Å². The molecule has 7 heteroatoms. The van der Waals surface area contributed by atoms with Gasteiger partial charge in [-0.05, 0) is 31.4 Å². The molecule has 0 radical (unpaired) electrons. The predicted molar refractivity (Wildman–Crippen MR) is 147 cm³/mol. The zero-order chi connectivity index (χ0) is 24.6. The van der Waals surface area contributed by atoms with Crippen molar-refractivity contribution in [1.82, 2.24) is 15.6 Å². The molecule has 34 heavy (non-hydrogen) atoms. The van der Waals surface area contributed by atoms with Crippen LogP contribution in [-0.4, -0.2) is 35.1 Å². The lowest BCUT2D eigenvalue weighted by Crippen LogP contribution is -2.40. The van der Waals surface area contributed by atoms with E-state index in [1.165, 1.54) is 25.7 Å². The van der Waals surface area contributed by atoms with Crippen molar-refractivity contribution in [3.05, 3.63) is 24.3 Å². The number of unbranched alkanes of at least 4 members (excludes halogenated alkanes) is 6. The van der Waals surface area contributed by atoms with Crippen molar-refractivity contribution in [3.8, 4) is 0 Å². The molecule has 5 nitrogen and oxygen atoms in total. The van der Waals surface area contributed by atoms with Crippen LogP contribution in [0.15, 0.2) is 28.6 Å². The summed E-state index contributed by atoms with van der Waals surface area (Å²) in [6, 6.07) is 8.13. The van der Waals surface area contributed by atoms with Gasteiger partial charge in [-0.3, -0.25) is 9.59 Å². The molecule has 0 bridgehead atoms. The van der Waals surface area contributed by atoms with Crippen LogP contribution in [0.5, 0.6) is 0 Å². The first kappa shape index (κ1) is 28.6. The van der Waals surface area contributed by atoms with Crippen LogP contribution < -0.4 is 10.6 Å². The van der Waals surface area contributed by atoms with Gasteiger partial charge in [0.15, 0.2) is 4.34 Å². The zero-order valence-corrected chi connectivity index (χ0v) is 22.9. The van der Waals surface area contributed by atoms with E-state index in [1.807, 2.05) is 18.2 Å². The van der Waals surface area contributed by atoms with E-state index in [2.05, 4.69) is 37.5 Å². The zero-order valence-electron chi connectivity index (χ0n) is 21.2. The van der Waals surface area contributed by atoms with E-state index in [9.17, 15) is 9.59 Å². The molecule has 1 aromatic carbocycles. The number of para-hydroxylation sites is 1. The van der Waals surface area contributed by atoms with Gasteiger partial charge in [0.05, 0.1) is 16.1 Å². The number of thiazole rings is 1. The summed E-state index contributed by atoms with van der Waals surface area (Å²) in [4.78, 5) is 30.9. The molecule has 1 aromatic heterocycles. The van der Waals surface area contributed by atoms with E-state index < -0.39 is 0 Å². The van der Waals surface area contributed by atoms with Gasteiger partial charge in [0.1, 0.15) is 0 Å². The number of fused-ring (bicyclic) bond motifs is 1. The molecule has 0 spiro atoms. The lowest BCUT2D eigenvalue weighted by Gasteiger charge is -2.25. The minimum absolute atomic E-state index is 0.00434. The quantitative estimate of drug-likeness (QED) is 0.170. The van der Waals surface area contributed by atoms with Crippen LogP contribution in [0, 0.1) is 5.92 Å². The summed E-state index contributed by atoms with van der Waals surface area (Å²) in [6.07, 6.45) is 11.0. The first-order valence-corrected chi connectivity index (χ1v) is 14.8. The second-order valence-electron chi connectivity index (χ2n) is 8.97. The van der Waals surface area contributed by atoms with Crippen LogP contribution in [0.4, 0.5) is 0 Å². The molecule has 0 saturated carbocycles. The maximum absolute atomic E-state index is 13.3. The third-order valence-electron chi connectivity index (χ3n) is 5.97. The molecule has 2 unspecified atom stereocenters. The summed E-state index contributed by atoms with van der Waals surface area (Å²) in [5, 5.41) is 6.21. The molecule has 0 aliphatic carbocycles. The monoisotopic (exact) mass is 505 g/mol. The van der Waals surface area contributed by atoms with Crippen molar-refractivity contribution in [3.63, 3.8) is 0 Å². The SMILES string of the molecule is CCCCCCNC(=O)CC(C(=O)NCCCCCC)C(CCC)Sc1nc2ccccc2s1. The number of thioether (sulfide) groups is 1. The maximum Gasteiger partial charge on any atom is 0.224 e. The lowest BCUT2D eigenvalue weighted by molar-refractivity contribution is -0.130. The molecule has 190 valence electrons. The Morgan fingerprint density at radius 3 is 2.24 bits per heavy atom. The Bertz CT molecular complexity index is 822. The van der Waals surface area contributed by atoms with Crippen molar-refractivity contribution in [2.45, 2.75) is 101 Å². The Kier molecular flexibility index (Phi) is 14.3. The van der Waals surface area contributed by atoms with Crippen molar-refractivity contribution in [1.29, 1.82) is 0 Å². The number of nitrogens with one attached hydrogen (secondary N) is 2. The maximum atomic E-state index is 13.3. The summed E-state index contributed by atoms with van der Waals surface area (Å²) >= 11 is 3.33. The van der Waals surface area contributed by atoms with E-state index >= 15 is 0 Å². The van der Waals surface area contributed by atoms with Crippen LogP contribution in [0.3, 0.4) is 0 Å². The van der Waals surface area contributed by atoms with E-state index in [1.54, 1.807) is 23.1 Å². The predicted octanol–water partition coefficient (Wildman–Crippen LogP) is 6.96. The number of carbonyl (C=O) groups excluding carboxylic acids is 2. The second kappa shape index (κ2) is 16.9. The largest absolute Gasteiger partial charge is 0.356 e. The van der Waals surface area contributed by atoms with E-state index in [0.717, 1.165) is 53.1 Å². The molecule has 1 heterocycles. The Morgan fingerprint density at radius 1 is 0.912 bits per heavy atom. The Hall–Kier alpha value is -1.60. The standard InChI is InChI=1S/C27H43N3O2S2/c1-4-7-9-13-18-28-25(31)20-21(26(32)29-19-14-10-8-5-2)23(15-6-3)33-27-30-22-16-11-12-17-24(22)34-27/h11-12,16-17,21,23H,4-10,13-15,18-20H2,1-3H3,(H,28,31)(H,29,32). The van der Waals surface area contributed by atoms with Gasteiger partial charge in [0.25, 0.3) is 0 Å². The Balaban J connectivity index is 2.07. The highest BCUT2D eigenvalue weighted by Crippen LogP contribution is 2.37. The summed E-state index contributed by atoms with van der Waals surface area (Å²) in [6.45, 7) is 7.87. The van der Waals surface area contributed by atoms with Crippen LogP contribution >= 0.6 is 23.1 Å².